The van der Waals surface area contributed by atoms with Gasteiger partial charge in [0.05, 0.1) is 11.5 Å². The first kappa shape index (κ1) is 12.1. The minimum absolute atomic E-state index is 0.145. The number of hydrogen-bond acceptors (Lipinski definition) is 6. The van der Waals surface area contributed by atoms with E-state index in [4.69, 9.17) is 5.73 Å². The van der Waals surface area contributed by atoms with E-state index in [1.165, 1.54) is 6.33 Å². The lowest BCUT2D eigenvalue weighted by Gasteiger charge is -2.24. The average Bonchev–Trinajstić information content (AvgIpc) is 2.27. The summed E-state index contributed by atoms with van der Waals surface area (Å²) in [5.74, 6) is 1.63. The zero-order valence-corrected chi connectivity index (χ0v) is 10.5. The van der Waals surface area contributed by atoms with Crippen LogP contribution in [0.4, 0.5) is 11.6 Å². The van der Waals surface area contributed by atoms with Crippen molar-refractivity contribution in [2.24, 2.45) is 0 Å². The summed E-state index contributed by atoms with van der Waals surface area (Å²) in [7, 11) is -2.82. The van der Waals surface area contributed by atoms with Gasteiger partial charge >= 0.3 is 0 Å². The molecule has 3 N–H and O–H groups in total. The first-order valence-electron chi connectivity index (χ1n) is 5.52. The Kier molecular flexibility index (Phi) is 3.19. The number of aromatic nitrogens is 2. The van der Waals surface area contributed by atoms with E-state index in [1.807, 2.05) is 6.92 Å². The van der Waals surface area contributed by atoms with E-state index in [0.29, 0.717) is 24.5 Å². The highest BCUT2D eigenvalue weighted by molar-refractivity contribution is 7.91. The second-order valence-electron chi connectivity index (χ2n) is 4.30. The van der Waals surface area contributed by atoms with Gasteiger partial charge in [-0.1, -0.05) is 0 Å². The summed E-state index contributed by atoms with van der Waals surface area (Å²) in [6.45, 7) is 1.84. The lowest BCUT2D eigenvalue weighted by atomic mass is 10.1. The fourth-order valence-electron chi connectivity index (χ4n) is 1.84. The van der Waals surface area contributed by atoms with Gasteiger partial charge in [0.2, 0.25) is 0 Å². The standard InChI is InChI=1S/C10H16N4O2S/c1-7-9(11)12-6-13-10(7)14-8-2-4-17(15,16)5-3-8/h6,8H,2-5H2,1H3,(H3,11,12,13,14). The minimum Gasteiger partial charge on any atom is -0.383 e. The van der Waals surface area contributed by atoms with Crippen LogP contribution in [0.3, 0.4) is 0 Å². The van der Waals surface area contributed by atoms with Crippen LogP contribution >= 0.6 is 0 Å². The van der Waals surface area contributed by atoms with Gasteiger partial charge in [0.15, 0.2) is 0 Å². The van der Waals surface area contributed by atoms with E-state index in [-0.39, 0.29) is 17.5 Å². The summed E-state index contributed by atoms with van der Waals surface area (Å²) < 4.78 is 22.6. The smallest absolute Gasteiger partial charge is 0.150 e. The molecule has 0 aliphatic carbocycles. The van der Waals surface area contributed by atoms with Gasteiger partial charge in [-0.2, -0.15) is 0 Å². The second-order valence-corrected chi connectivity index (χ2v) is 6.61. The molecule has 1 fully saturated rings. The third-order valence-electron chi connectivity index (χ3n) is 3.02. The number of nitrogens with two attached hydrogens (primary N) is 1. The molecule has 17 heavy (non-hydrogen) atoms. The van der Waals surface area contributed by atoms with E-state index in [9.17, 15) is 8.42 Å². The summed E-state index contributed by atoms with van der Waals surface area (Å²) in [6, 6.07) is 0.145. The van der Waals surface area contributed by atoms with Crippen molar-refractivity contribution in [2.75, 3.05) is 22.6 Å². The normalized spacial score (nSPS) is 20.1. The zero-order chi connectivity index (χ0) is 12.5. The third-order valence-corrected chi connectivity index (χ3v) is 4.73. The molecular weight excluding hydrogens is 240 g/mol. The molecule has 1 aromatic heterocycles. The maximum Gasteiger partial charge on any atom is 0.150 e. The molecule has 0 bridgehead atoms. The molecule has 6 nitrogen and oxygen atoms in total. The Morgan fingerprint density at radius 2 is 2.00 bits per heavy atom. The van der Waals surface area contributed by atoms with Gasteiger partial charge in [0.1, 0.15) is 27.8 Å². The molecule has 0 saturated carbocycles. The first-order valence-corrected chi connectivity index (χ1v) is 7.34. The number of rotatable bonds is 2. The molecule has 94 valence electrons. The molecule has 0 amide bonds. The van der Waals surface area contributed by atoms with Gasteiger partial charge in [-0.25, -0.2) is 18.4 Å². The highest BCUT2D eigenvalue weighted by Crippen LogP contribution is 2.20. The van der Waals surface area contributed by atoms with Crippen molar-refractivity contribution in [2.45, 2.75) is 25.8 Å². The molecule has 1 aromatic rings. The summed E-state index contributed by atoms with van der Waals surface area (Å²) in [4.78, 5) is 8.00. The SMILES string of the molecule is Cc1c(N)ncnc1NC1CCS(=O)(=O)CC1. The van der Waals surface area contributed by atoms with Crippen molar-refractivity contribution in [3.05, 3.63) is 11.9 Å². The van der Waals surface area contributed by atoms with Gasteiger partial charge in [0.25, 0.3) is 0 Å². The summed E-state index contributed by atoms with van der Waals surface area (Å²) in [5.41, 5.74) is 6.49. The van der Waals surface area contributed by atoms with Gasteiger partial charge < -0.3 is 11.1 Å². The number of nitrogen functional groups attached to an aromatic ring is 1. The Hall–Kier alpha value is -1.37. The molecule has 0 radical (unpaired) electrons. The summed E-state index contributed by atoms with van der Waals surface area (Å²) in [6.07, 6.45) is 2.64. The monoisotopic (exact) mass is 256 g/mol. The lowest BCUT2D eigenvalue weighted by molar-refractivity contribution is 0.559. The van der Waals surface area contributed by atoms with E-state index in [1.54, 1.807) is 0 Å². The van der Waals surface area contributed by atoms with Crippen molar-refractivity contribution in [3.63, 3.8) is 0 Å². The van der Waals surface area contributed by atoms with Crippen LogP contribution in [-0.2, 0) is 9.84 Å². The van der Waals surface area contributed by atoms with Crippen molar-refractivity contribution >= 4 is 21.5 Å². The van der Waals surface area contributed by atoms with Crippen LogP contribution in [0, 0.1) is 6.92 Å². The van der Waals surface area contributed by atoms with Crippen LogP contribution in [0.15, 0.2) is 6.33 Å². The zero-order valence-electron chi connectivity index (χ0n) is 9.68. The predicted molar refractivity (Wildman–Crippen MR) is 66.5 cm³/mol. The van der Waals surface area contributed by atoms with Crippen molar-refractivity contribution in [1.29, 1.82) is 0 Å². The largest absolute Gasteiger partial charge is 0.383 e. The number of sulfone groups is 1. The number of anilines is 2. The van der Waals surface area contributed by atoms with Crippen LogP contribution in [-0.4, -0.2) is 35.9 Å². The van der Waals surface area contributed by atoms with Crippen LogP contribution in [0.2, 0.25) is 0 Å². The fraction of sp³-hybridized carbons (Fsp3) is 0.600. The second kappa shape index (κ2) is 4.48. The molecule has 1 aliphatic heterocycles. The van der Waals surface area contributed by atoms with E-state index >= 15 is 0 Å². The molecule has 2 rings (SSSR count). The molecule has 0 atom stereocenters. The molecule has 1 aliphatic rings. The molecule has 0 spiro atoms. The number of nitrogens with one attached hydrogen (secondary N) is 1. The highest BCUT2D eigenvalue weighted by Gasteiger charge is 2.24. The molecule has 2 heterocycles. The Morgan fingerprint density at radius 3 is 2.65 bits per heavy atom. The molecule has 1 saturated heterocycles. The quantitative estimate of drug-likeness (QED) is 0.792. The minimum atomic E-state index is -2.82. The van der Waals surface area contributed by atoms with Gasteiger partial charge in [-0.05, 0) is 19.8 Å². The molecule has 0 aromatic carbocycles. The van der Waals surface area contributed by atoms with Gasteiger partial charge in [-0.3, -0.25) is 0 Å². The summed E-state index contributed by atoms with van der Waals surface area (Å²) in [5, 5.41) is 3.23. The topological polar surface area (TPSA) is 98.0 Å². The van der Waals surface area contributed by atoms with Crippen molar-refractivity contribution < 1.29 is 8.42 Å². The van der Waals surface area contributed by atoms with E-state index in [2.05, 4.69) is 15.3 Å². The maximum atomic E-state index is 11.3. The predicted octanol–water partition coefficient (Wildman–Crippen LogP) is 0.356. The van der Waals surface area contributed by atoms with Crippen LogP contribution < -0.4 is 11.1 Å². The van der Waals surface area contributed by atoms with Crippen LogP contribution in [0.25, 0.3) is 0 Å². The van der Waals surface area contributed by atoms with Crippen LogP contribution in [0.5, 0.6) is 0 Å². The molecule has 7 heteroatoms. The van der Waals surface area contributed by atoms with Crippen molar-refractivity contribution in [1.82, 2.24) is 9.97 Å². The average molecular weight is 256 g/mol. The highest BCUT2D eigenvalue weighted by atomic mass is 32.2. The maximum absolute atomic E-state index is 11.3. The van der Waals surface area contributed by atoms with Gasteiger partial charge in [-0.15, -0.1) is 0 Å². The van der Waals surface area contributed by atoms with Crippen molar-refractivity contribution in [3.8, 4) is 0 Å². The molecule has 0 unspecified atom stereocenters. The number of nitrogens with zero attached hydrogens (tertiary/aromatic N) is 2. The summed E-state index contributed by atoms with van der Waals surface area (Å²) >= 11 is 0. The fourth-order valence-corrected chi connectivity index (χ4v) is 3.33. The van der Waals surface area contributed by atoms with E-state index < -0.39 is 9.84 Å². The Balaban J connectivity index is 2.05. The molecular formula is C10H16N4O2S. The van der Waals surface area contributed by atoms with Crippen LogP contribution in [0.1, 0.15) is 18.4 Å². The van der Waals surface area contributed by atoms with Gasteiger partial charge in [0, 0.05) is 11.6 Å². The Bertz CT molecular complexity index is 501. The Morgan fingerprint density at radius 1 is 1.35 bits per heavy atom. The first-order chi connectivity index (χ1) is 7.98. The lowest BCUT2D eigenvalue weighted by Crippen LogP contribution is -2.32. The third kappa shape index (κ3) is 2.85. The number of hydrogen-bond donors (Lipinski definition) is 2. The Labute approximate surface area is 101 Å². The van der Waals surface area contributed by atoms with E-state index in [0.717, 1.165) is 5.56 Å².